The maximum atomic E-state index is 6.25. The van der Waals surface area contributed by atoms with Crippen LogP contribution in [-0.2, 0) is 0 Å². The average molecular weight is 286 g/mol. The van der Waals surface area contributed by atoms with E-state index in [4.69, 9.17) is 10.5 Å². The minimum Gasteiger partial charge on any atom is -0.497 e. The number of guanidine groups is 1. The molecule has 4 rings (SSSR count). The number of hydrogen-bond donors (Lipinski definition) is 1. The van der Waals surface area contributed by atoms with E-state index < -0.39 is 0 Å². The van der Waals surface area contributed by atoms with Crippen LogP contribution in [0.1, 0.15) is 19.3 Å². The fourth-order valence-electron chi connectivity index (χ4n) is 4.36. The number of methoxy groups -OCH3 is 1. The molecule has 21 heavy (non-hydrogen) atoms. The molecular formula is C16H22N4O. The largest absolute Gasteiger partial charge is 0.497 e. The Kier molecular flexibility index (Phi) is 2.85. The summed E-state index contributed by atoms with van der Waals surface area (Å²) in [6.45, 7) is 3.22. The molecule has 3 aliphatic rings. The maximum Gasteiger partial charge on any atom is 0.196 e. The van der Waals surface area contributed by atoms with E-state index in [0.29, 0.717) is 12.0 Å². The number of anilines is 1. The van der Waals surface area contributed by atoms with Crippen LogP contribution in [0.3, 0.4) is 0 Å². The SMILES string of the molecule is COc1ccc(N2C(N)=NCC23CCN2CCCC23)cc1. The Morgan fingerprint density at radius 2 is 2.10 bits per heavy atom. The van der Waals surface area contributed by atoms with Gasteiger partial charge in [0.25, 0.3) is 0 Å². The standard InChI is InChI=1S/C16H22N4O/c1-21-13-6-4-12(5-7-13)20-15(17)18-11-16(20)8-10-19-9-2-3-14(16)19/h4-7,14H,2-3,8-11H2,1H3,(H2,17,18). The lowest BCUT2D eigenvalue weighted by Gasteiger charge is -2.40. The van der Waals surface area contributed by atoms with Gasteiger partial charge in [-0.25, -0.2) is 0 Å². The number of fused-ring (bicyclic) bond motifs is 2. The van der Waals surface area contributed by atoms with Crippen molar-refractivity contribution < 1.29 is 4.74 Å². The molecule has 3 aliphatic heterocycles. The molecule has 112 valence electrons. The highest BCUT2D eigenvalue weighted by atomic mass is 16.5. The molecule has 2 N–H and O–H groups in total. The number of benzene rings is 1. The first-order chi connectivity index (χ1) is 10.2. The third kappa shape index (κ3) is 1.77. The number of aliphatic imine (C=N–C) groups is 1. The van der Waals surface area contributed by atoms with E-state index >= 15 is 0 Å². The molecule has 2 unspecified atom stereocenters. The van der Waals surface area contributed by atoms with Crippen LogP contribution >= 0.6 is 0 Å². The molecule has 0 aliphatic carbocycles. The van der Waals surface area contributed by atoms with Crippen LogP contribution in [0.2, 0.25) is 0 Å². The van der Waals surface area contributed by atoms with Crippen LogP contribution < -0.4 is 15.4 Å². The molecule has 0 aromatic heterocycles. The molecule has 2 saturated heterocycles. The predicted octanol–water partition coefficient (Wildman–Crippen LogP) is 1.44. The monoisotopic (exact) mass is 286 g/mol. The summed E-state index contributed by atoms with van der Waals surface area (Å²) in [6, 6.07) is 8.76. The van der Waals surface area contributed by atoms with Crippen molar-refractivity contribution in [1.82, 2.24) is 4.90 Å². The summed E-state index contributed by atoms with van der Waals surface area (Å²) in [6.07, 6.45) is 3.70. The van der Waals surface area contributed by atoms with E-state index in [2.05, 4.69) is 26.9 Å². The summed E-state index contributed by atoms with van der Waals surface area (Å²) in [7, 11) is 1.69. The Hall–Kier alpha value is -1.75. The van der Waals surface area contributed by atoms with Gasteiger partial charge in [0, 0.05) is 18.3 Å². The number of rotatable bonds is 2. The van der Waals surface area contributed by atoms with Gasteiger partial charge in [-0.2, -0.15) is 0 Å². The Morgan fingerprint density at radius 3 is 2.86 bits per heavy atom. The molecule has 0 amide bonds. The van der Waals surface area contributed by atoms with Crippen molar-refractivity contribution in [3.63, 3.8) is 0 Å². The second-order valence-electron chi connectivity index (χ2n) is 6.26. The van der Waals surface area contributed by atoms with Gasteiger partial charge in [0.1, 0.15) is 5.75 Å². The summed E-state index contributed by atoms with van der Waals surface area (Å²) in [5, 5.41) is 0. The molecule has 0 bridgehead atoms. The molecule has 5 nitrogen and oxygen atoms in total. The number of nitrogens with two attached hydrogens (primary N) is 1. The molecule has 2 atom stereocenters. The second kappa shape index (κ2) is 4.63. The molecule has 0 radical (unpaired) electrons. The number of hydrogen-bond acceptors (Lipinski definition) is 5. The summed E-state index contributed by atoms with van der Waals surface area (Å²) >= 11 is 0. The van der Waals surface area contributed by atoms with Crippen molar-refractivity contribution in [1.29, 1.82) is 0 Å². The molecule has 1 spiro atoms. The fourth-order valence-corrected chi connectivity index (χ4v) is 4.36. The fraction of sp³-hybridized carbons (Fsp3) is 0.562. The van der Waals surface area contributed by atoms with Gasteiger partial charge in [-0.1, -0.05) is 0 Å². The molecular weight excluding hydrogens is 264 g/mol. The van der Waals surface area contributed by atoms with Crippen molar-refractivity contribution >= 4 is 11.6 Å². The smallest absolute Gasteiger partial charge is 0.196 e. The zero-order chi connectivity index (χ0) is 14.4. The summed E-state index contributed by atoms with van der Waals surface area (Å²) in [4.78, 5) is 9.49. The van der Waals surface area contributed by atoms with Gasteiger partial charge in [0.2, 0.25) is 0 Å². The molecule has 2 fully saturated rings. The molecule has 5 heteroatoms. The van der Waals surface area contributed by atoms with Crippen molar-refractivity contribution in [2.75, 3.05) is 31.6 Å². The zero-order valence-electron chi connectivity index (χ0n) is 12.5. The minimum atomic E-state index is 0.0647. The van der Waals surface area contributed by atoms with Gasteiger partial charge in [-0.3, -0.25) is 9.89 Å². The predicted molar refractivity (Wildman–Crippen MR) is 83.9 cm³/mol. The Labute approximate surface area is 125 Å². The van der Waals surface area contributed by atoms with Crippen LogP contribution in [0, 0.1) is 0 Å². The van der Waals surface area contributed by atoms with E-state index in [9.17, 15) is 0 Å². The van der Waals surface area contributed by atoms with E-state index in [-0.39, 0.29) is 5.54 Å². The van der Waals surface area contributed by atoms with Gasteiger partial charge in [-0.05, 0) is 50.1 Å². The van der Waals surface area contributed by atoms with E-state index in [1.165, 1.54) is 25.9 Å². The summed E-state index contributed by atoms with van der Waals surface area (Å²) < 4.78 is 5.26. The first-order valence-electron chi connectivity index (χ1n) is 7.73. The first-order valence-corrected chi connectivity index (χ1v) is 7.73. The molecule has 3 heterocycles. The van der Waals surface area contributed by atoms with E-state index in [1.807, 2.05) is 12.1 Å². The topological polar surface area (TPSA) is 54.1 Å². The molecule has 1 aromatic rings. The highest BCUT2D eigenvalue weighted by Crippen LogP contribution is 2.44. The van der Waals surface area contributed by atoms with Gasteiger partial charge < -0.3 is 15.4 Å². The van der Waals surface area contributed by atoms with Gasteiger partial charge >= 0.3 is 0 Å². The Morgan fingerprint density at radius 1 is 1.29 bits per heavy atom. The third-order valence-corrected chi connectivity index (χ3v) is 5.34. The highest BCUT2D eigenvalue weighted by molar-refractivity contribution is 5.98. The summed E-state index contributed by atoms with van der Waals surface area (Å²) in [5.74, 6) is 1.53. The lowest BCUT2D eigenvalue weighted by molar-refractivity contribution is 0.274. The summed E-state index contributed by atoms with van der Waals surface area (Å²) in [5.41, 5.74) is 7.44. The second-order valence-corrected chi connectivity index (χ2v) is 6.26. The average Bonchev–Trinajstić information content (AvgIpc) is 3.18. The van der Waals surface area contributed by atoms with Crippen LogP contribution in [0.5, 0.6) is 5.75 Å². The maximum absolute atomic E-state index is 6.25. The van der Waals surface area contributed by atoms with Crippen LogP contribution in [0.4, 0.5) is 5.69 Å². The van der Waals surface area contributed by atoms with Crippen molar-refractivity contribution in [3.8, 4) is 5.75 Å². The Balaban J connectivity index is 1.72. The van der Waals surface area contributed by atoms with Crippen LogP contribution in [-0.4, -0.2) is 49.2 Å². The lowest BCUT2D eigenvalue weighted by atomic mass is 9.87. The minimum absolute atomic E-state index is 0.0647. The van der Waals surface area contributed by atoms with E-state index in [0.717, 1.165) is 24.4 Å². The van der Waals surface area contributed by atoms with E-state index in [1.54, 1.807) is 7.11 Å². The quantitative estimate of drug-likeness (QED) is 0.894. The van der Waals surface area contributed by atoms with Crippen molar-refractivity contribution in [2.45, 2.75) is 30.8 Å². The Bertz CT molecular complexity index is 570. The van der Waals surface area contributed by atoms with Gasteiger partial charge in [-0.15, -0.1) is 0 Å². The molecule has 0 saturated carbocycles. The van der Waals surface area contributed by atoms with Crippen molar-refractivity contribution in [2.24, 2.45) is 10.7 Å². The van der Waals surface area contributed by atoms with Crippen LogP contribution in [0.15, 0.2) is 29.3 Å². The lowest BCUT2D eigenvalue weighted by Crippen LogP contribution is -2.57. The normalized spacial score (nSPS) is 31.8. The zero-order valence-corrected chi connectivity index (χ0v) is 12.5. The van der Waals surface area contributed by atoms with Crippen molar-refractivity contribution in [3.05, 3.63) is 24.3 Å². The molecule has 1 aromatic carbocycles. The number of ether oxygens (including phenoxy) is 1. The van der Waals surface area contributed by atoms with Gasteiger partial charge in [0.05, 0.1) is 19.2 Å². The highest BCUT2D eigenvalue weighted by Gasteiger charge is 2.55. The first kappa shape index (κ1) is 13.0. The van der Waals surface area contributed by atoms with Crippen LogP contribution in [0.25, 0.3) is 0 Å². The number of nitrogens with zero attached hydrogens (tertiary/aromatic N) is 3. The third-order valence-electron chi connectivity index (χ3n) is 5.34. The van der Waals surface area contributed by atoms with Gasteiger partial charge in [0.15, 0.2) is 5.96 Å².